The third kappa shape index (κ3) is 6.54. The topological polar surface area (TPSA) is 98.1 Å². The summed E-state index contributed by atoms with van der Waals surface area (Å²) in [5, 5.41) is 10.9. The maximum atomic E-state index is 13.7. The number of rotatable bonds is 9. The molecule has 1 amide bonds. The first-order valence-electron chi connectivity index (χ1n) is 12.6. The Balaban J connectivity index is 1.42. The predicted octanol–water partition coefficient (Wildman–Crippen LogP) is 6.10. The van der Waals surface area contributed by atoms with Gasteiger partial charge in [0, 0.05) is 41.1 Å². The average Bonchev–Trinajstić information content (AvgIpc) is 2.96. The highest BCUT2D eigenvalue weighted by Crippen LogP contribution is 2.30. The van der Waals surface area contributed by atoms with Gasteiger partial charge in [0.15, 0.2) is 11.4 Å². The first kappa shape index (κ1) is 26.6. The Kier molecular flexibility index (Phi) is 8.18. The molecule has 0 bridgehead atoms. The van der Waals surface area contributed by atoms with Crippen LogP contribution in [0.15, 0.2) is 108 Å². The summed E-state index contributed by atoms with van der Waals surface area (Å²) in [7, 11) is 0. The molecule has 2 aromatic heterocycles. The van der Waals surface area contributed by atoms with Crippen LogP contribution in [0.3, 0.4) is 0 Å². The minimum absolute atomic E-state index is 0.156. The van der Waals surface area contributed by atoms with Crippen molar-refractivity contribution in [3.05, 3.63) is 136 Å². The molecule has 2 N–H and O–H groups in total. The number of halogens is 1. The van der Waals surface area contributed by atoms with Crippen molar-refractivity contribution in [2.75, 3.05) is 11.9 Å². The number of aromatic nitrogens is 3. The SMILES string of the molecule is Cc1ccc(-n2ncc(Oc3cccc(Cl)c3)c(Nc3cccc(C(=O)NCCc4ccccn4)c3)c2=O)cc1. The largest absolute Gasteiger partial charge is 0.453 e. The molecule has 3 aromatic carbocycles. The molecule has 8 nitrogen and oxygen atoms in total. The number of pyridine rings is 1. The van der Waals surface area contributed by atoms with E-state index >= 15 is 0 Å². The van der Waals surface area contributed by atoms with E-state index in [0.717, 1.165) is 11.3 Å². The van der Waals surface area contributed by atoms with E-state index in [2.05, 4.69) is 20.7 Å². The second-order valence-electron chi connectivity index (χ2n) is 9.03. The zero-order chi connectivity index (χ0) is 27.9. The van der Waals surface area contributed by atoms with Gasteiger partial charge in [-0.1, -0.05) is 47.5 Å². The van der Waals surface area contributed by atoms with Crippen molar-refractivity contribution in [2.45, 2.75) is 13.3 Å². The molecule has 200 valence electrons. The van der Waals surface area contributed by atoms with Gasteiger partial charge in [-0.15, -0.1) is 0 Å². The van der Waals surface area contributed by atoms with Crippen LogP contribution in [-0.2, 0) is 6.42 Å². The number of nitrogens with zero attached hydrogens (tertiary/aromatic N) is 3. The Morgan fingerprint density at radius 1 is 0.975 bits per heavy atom. The van der Waals surface area contributed by atoms with Gasteiger partial charge in [-0.05, 0) is 67.6 Å². The van der Waals surface area contributed by atoms with Crippen molar-refractivity contribution in [1.29, 1.82) is 0 Å². The summed E-state index contributed by atoms with van der Waals surface area (Å²) in [6.45, 7) is 2.41. The van der Waals surface area contributed by atoms with Gasteiger partial charge < -0.3 is 15.4 Å². The Morgan fingerprint density at radius 2 is 1.80 bits per heavy atom. The Labute approximate surface area is 236 Å². The first-order valence-corrected chi connectivity index (χ1v) is 13.0. The van der Waals surface area contributed by atoms with Crippen LogP contribution in [0, 0.1) is 6.92 Å². The van der Waals surface area contributed by atoms with E-state index in [9.17, 15) is 9.59 Å². The molecule has 0 spiro atoms. The number of hydrogen-bond donors (Lipinski definition) is 2. The molecule has 40 heavy (non-hydrogen) atoms. The summed E-state index contributed by atoms with van der Waals surface area (Å²) in [5.74, 6) is 0.425. The Morgan fingerprint density at radius 3 is 2.58 bits per heavy atom. The molecule has 0 aliphatic carbocycles. The van der Waals surface area contributed by atoms with E-state index in [0.29, 0.717) is 40.7 Å². The summed E-state index contributed by atoms with van der Waals surface area (Å²) >= 11 is 6.13. The summed E-state index contributed by atoms with van der Waals surface area (Å²) in [6, 6.07) is 26.9. The third-order valence-corrected chi connectivity index (χ3v) is 6.27. The van der Waals surface area contributed by atoms with E-state index in [4.69, 9.17) is 16.3 Å². The van der Waals surface area contributed by atoms with Crippen molar-refractivity contribution in [1.82, 2.24) is 20.1 Å². The molecule has 0 fully saturated rings. The zero-order valence-corrected chi connectivity index (χ0v) is 22.4. The Hall–Kier alpha value is -4.95. The number of nitrogens with one attached hydrogen (secondary N) is 2. The number of benzene rings is 3. The molecule has 2 heterocycles. The summed E-state index contributed by atoms with van der Waals surface area (Å²) in [6.07, 6.45) is 3.81. The van der Waals surface area contributed by atoms with Crippen LogP contribution in [0.25, 0.3) is 5.69 Å². The third-order valence-electron chi connectivity index (χ3n) is 6.03. The van der Waals surface area contributed by atoms with Gasteiger partial charge in [-0.3, -0.25) is 14.6 Å². The number of carbonyl (C=O) groups excluding carboxylic acids is 1. The molecule has 0 aliphatic heterocycles. The van der Waals surface area contributed by atoms with Crippen molar-refractivity contribution in [3.8, 4) is 17.2 Å². The molecule has 9 heteroatoms. The highest BCUT2D eigenvalue weighted by atomic mass is 35.5. The number of aryl methyl sites for hydroxylation is 1. The van der Waals surface area contributed by atoms with Gasteiger partial charge in [0.05, 0.1) is 11.9 Å². The number of carbonyl (C=O) groups is 1. The quantitative estimate of drug-likeness (QED) is 0.230. The lowest BCUT2D eigenvalue weighted by atomic mass is 10.1. The van der Waals surface area contributed by atoms with Crippen LogP contribution < -0.4 is 20.9 Å². The normalized spacial score (nSPS) is 10.7. The summed E-state index contributed by atoms with van der Waals surface area (Å²) in [4.78, 5) is 30.8. The minimum atomic E-state index is -0.423. The van der Waals surface area contributed by atoms with Gasteiger partial charge in [-0.25, -0.2) is 0 Å². The fourth-order valence-corrected chi connectivity index (χ4v) is 4.17. The lowest BCUT2D eigenvalue weighted by Gasteiger charge is -2.15. The van der Waals surface area contributed by atoms with E-state index in [1.807, 2.05) is 49.4 Å². The lowest BCUT2D eigenvalue weighted by Crippen LogP contribution is -2.26. The van der Waals surface area contributed by atoms with Crippen LogP contribution in [0.1, 0.15) is 21.6 Å². The van der Waals surface area contributed by atoms with Crippen LogP contribution in [0.5, 0.6) is 11.5 Å². The standard InChI is InChI=1S/C31H26ClN5O3/c1-21-11-13-26(14-12-21)37-31(39)29(28(20-35-37)40-27-10-5-7-23(32)19-27)36-25-9-4-6-22(18-25)30(38)34-17-15-24-8-2-3-16-33-24/h2-14,16,18-20,36H,15,17H2,1H3,(H,34,38). The monoisotopic (exact) mass is 551 g/mol. The van der Waals surface area contributed by atoms with Crippen LogP contribution in [0.2, 0.25) is 5.02 Å². The molecule has 5 rings (SSSR count). The van der Waals surface area contributed by atoms with Crippen LogP contribution >= 0.6 is 11.6 Å². The first-order chi connectivity index (χ1) is 19.5. The van der Waals surface area contributed by atoms with Crippen molar-refractivity contribution < 1.29 is 9.53 Å². The highest BCUT2D eigenvalue weighted by molar-refractivity contribution is 6.30. The fourth-order valence-electron chi connectivity index (χ4n) is 3.99. The molecule has 0 saturated heterocycles. The van der Waals surface area contributed by atoms with Crippen molar-refractivity contribution in [2.24, 2.45) is 0 Å². The minimum Gasteiger partial charge on any atom is -0.453 e. The lowest BCUT2D eigenvalue weighted by molar-refractivity contribution is 0.0954. The second kappa shape index (κ2) is 12.3. The average molecular weight is 552 g/mol. The number of anilines is 2. The maximum Gasteiger partial charge on any atom is 0.299 e. The van der Waals surface area contributed by atoms with Crippen LogP contribution in [-0.4, -0.2) is 27.2 Å². The van der Waals surface area contributed by atoms with E-state index in [1.165, 1.54) is 10.9 Å². The molecule has 0 radical (unpaired) electrons. The highest BCUT2D eigenvalue weighted by Gasteiger charge is 2.16. The molecule has 0 saturated carbocycles. The van der Waals surface area contributed by atoms with Gasteiger partial charge >= 0.3 is 0 Å². The number of ether oxygens (including phenoxy) is 1. The number of amides is 1. The predicted molar refractivity (Wildman–Crippen MR) is 156 cm³/mol. The van der Waals surface area contributed by atoms with Gasteiger partial charge in [0.1, 0.15) is 5.75 Å². The van der Waals surface area contributed by atoms with E-state index < -0.39 is 5.56 Å². The maximum absolute atomic E-state index is 13.7. The zero-order valence-electron chi connectivity index (χ0n) is 21.7. The van der Waals surface area contributed by atoms with Crippen molar-refractivity contribution >= 4 is 28.9 Å². The number of hydrogen-bond acceptors (Lipinski definition) is 6. The molecule has 5 aromatic rings. The van der Waals surface area contributed by atoms with Crippen LogP contribution in [0.4, 0.5) is 11.4 Å². The smallest absolute Gasteiger partial charge is 0.299 e. The molecule has 0 unspecified atom stereocenters. The summed E-state index contributed by atoms with van der Waals surface area (Å²) < 4.78 is 7.31. The molecule has 0 atom stereocenters. The van der Waals surface area contributed by atoms with Gasteiger partial charge in [0.2, 0.25) is 0 Å². The molecular weight excluding hydrogens is 526 g/mol. The van der Waals surface area contributed by atoms with Gasteiger partial charge in [0.25, 0.3) is 11.5 Å². The second-order valence-corrected chi connectivity index (χ2v) is 9.46. The van der Waals surface area contributed by atoms with E-state index in [-0.39, 0.29) is 17.3 Å². The summed E-state index contributed by atoms with van der Waals surface area (Å²) in [5.41, 5.74) is 3.27. The van der Waals surface area contributed by atoms with E-state index in [1.54, 1.807) is 54.7 Å². The Bertz CT molecular complexity index is 1690. The van der Waals surface area contributed by atoms with Crippen molar-refractivity contribution in [3.63, 3.8) is 0 Å². The molecule has 0 aliphatic rings. The molecular formula is C31H26ClN5O3. The fraction of sp³-hybridized carbons (Fsp3) is 0.0968. The van der Waals surface area contributed by atoms with Gasteiger partial charge in [-0.2, -0.15) is 9.78 Å².